The number of para-hydroxylation sites is 1. The molecule has 2 heterocycles. The Morgan fingerprint density at radius 1 is 1.07 bits per heavy atom. The lowest BCUT2D eigenvalue weighted by Crippen LogP contribution is -2.08. The second kappa shape index (κ2) is 7.62. The zero-order valence-electron chi connectivity index (χ0n) is 15.4. The third kappa shape index (κ3) is 3.66. The predicted molar refractivity (Wildman–Crippen MR) is 120 cm³/mol. The Kier molecular flexibility index (Phi) is 5.16. The molecule has 0 unspecified atom stereocenters. The number of hydrogen-bond acceptors (Lipinski definition) is 6. The molecule has 0 aliphatic carbocycles. The number of nitrogen functional groups attached to an aromatic ring is 1. The van der Waals surface area contributed by atoms with Crippen molar-refractivity contribution < 1.29 is 8.42 Å². The maximum atomic E-state index is 13.3. The Morgan fingerprint density at radius 3 is 2.62 bits per heavy atom. The van der Waals surface area contributed by atoms with E-state index in [0.717, 1.165) is 22.0 Å². The van der Waals surface area contributed by atoms with Crippen molar-refractivity contribution in [2.24, 2.45) is 5.73 Å². The molecule has 0 amide bonds. The van der Waals surface area contributed by atoms with Crippen LogP contribution in [-0.4, -0.2) is 25.5 Å². The summed E-state index contributed by atoms with van der Waals surface area (Å²) < 4.78 is 27.2. The minimum absolute atomic E-state index is 0.136. The minimum Gasteiger partial charge on any atom is -0.383 e. The van der Waals surface area contributed by atoms with Gasteiger partial charge in [0.25, 0.3) is 0 Å². The molecule has 8 heteroatoms. The van der Waals surface area contributed by atoms with Gasteiger partial charge < -0.3 is 5.73 Å². The maximum absolute atomic E-state index is 13.3. The van der Waals surface area contributed by atoms with Crippen LogP contribution >= 0.6 is 23.1 Å². The third-order valence-corrected chi connectivity index (χ3v) is 8.81. The predicted octanol–water partition coefficient (Wildman–Crippen LogP) is 4.80. The quantitative estimate of drug-likeness (QED) is 0.264. The van der Waals surface area contributed by atoms with Crippen LogP contribution in [0.1, 0.15) is 4.88 Å². The molecule has 29 heavy (non-hydrogen) atoms. The largest absolute Gasteiger partial charge is 0.383 e. The molecule has 4 rings (SSSR count). The van der Waals surface area contributed by atoms with Gasteiger partial charge in [0.2, 0.25) is 9.84 Å². The van der Waals surface area contributed by atoms with Gasteiger partial charge in [-0.3, -0.25) is 10.4 Å². The van der Waals surface area contributed by atoms with Crippen LogP contribution in [0.4, 0.5) is 0 Å². The highest BCUT2D eigenvalue weighted by atomic mass is 32.2. The second-order valence-corrected chi connectivity index (χ2v) is 10.4. The van der Waals surface area contributed by atoms with Crippen LogP contribution in [0.5, 0.6) is 0 Å². The zero-order valence-corrected chi connectivity index (χ0v) is 17.9. The highest BCUT2D eigenvalue weighted by Gasteiger charge is 2.25. The number of rotatable bonds is 5. The summed E-state index contributed by atoms with van der Waals surface area (Å²) in [6.45, 7) is 0. The first-order chi connectivity index (χ1) is 13.9. The fourth-order valence-electron chi connectivity index (χ4n) is 3.02. The van der Waals surface area contributed by atoms with Gasteiger partial charge in [-0.25, -0.2) is 8.42 Å². The molecule has 2 aromatic carbocycles. The molecule has 0 bridgehead atoms. The van der Waals surface area contributed by atoms with Gasteiger partial charge in [-0.15, -0.1) is 23.1 Å². The molecule has 0 aliphatic rings. The summed E-state index contributed by atoms with van der Waals surface area (Å²) in [5.74, 6) is -0.136. The van der Waals surface area contributed by atoms with Gasteiger partial charge in [-0.1, -0.05) is 30.3 Å². The van der Waals surface area contributed by atoms with Crippen molar-refractivity contribution in [1.82, 2.24) is 4.98 Å². The third-order valence-electron chi connectivity index (χ3n) is 4.47. The summed E-state index contributed by atoms with van der Waals surface area (Å²) in [7, 11) is -3.75. The number of fused-ring (bicyclic) bond motifs is 1. The number of sulfone groups is 1. The first-order valence-electron chi connectivity index (χ1n) is 8.62. The van der Waals surface area contributed by atoms with Crippen molar-refractivity contribution in [2.45, 2.75) is 14.0 Å². The van der Waals surface area contributed by atoms with Gasteiger partial charge in [-0.05, 0) is 42.2 Å². The van der Waals surface area contributed by atoms with Gasteiger partial charge in [0.1, 0.15) is 5.84 Å². The molecule has 0 radical (unpaired) electrons. The highest BCUT2D eigenvalue weighted by molar-refractivity contribution is 8.01. The summed E-state index contributed by atoms with van der Waals surface area (Å²) in [5.41, 5.74) is 8.07. The zero-order chi connectivity index (χ0) is 20.6. The SMILES string of the molecule is CSc1sc(C(=N)N)cc1S(=O)(=O)c1cccc(-c2cnc3ccccc3c2)c1. The van der Waals surface area contributed by atoms with Crippen molar-refractivity contribution in [3.05, 3.63) is 71.7 Å². The minimum atomic E-state index is -3.75. The van der Waals surface area contributed by atoms with E-state index in [1.54, 1.807) is 24.4 Å². The van der Waals surface area contributed by atoms with E-state index in [2.05, 4.69) is 4.98 Å². The van der Waals surface area contributed by atoms with E-state index in [1.165, 1.54) is 29.2 Å². The molecular formula is C21H17N3O2S3. The lowest BCUT2D eigenvalue weighted by Gasteiger charge is -2.08. The summed E-state index contributed by atoms with van der Waals surface area (Å²) in [4.78, 5) is 5.31. The average Bonchev–Trinajstić information content (AvgIpc) is 3.19. The lowest BCUT2D eigenvalue weighted by atomic mass is 10.1. The summed E-state index contributed by atoms with van der Waals surface area (Å²) >= 11 is 2.55. The molecular weight excluding hydrogens is 422 g/mol. The number of pyridine rings is 1. The van der Waals surface area contributed by atoms with Gasteiger partial charge in [-0.2, -0.15) is 0 Å². The number of thioether (sulfide) groups is 1. The van der Waals surface area contributed by atoms with Crippen LogP contribution in [-0.2, 0) is 9.84 Å². The molecule has 0 fully saturated rings. The van der Waals surface area contributed by atoms with Gasteiger partial charge in [0, 0.05) is 17.1 Å². The maximum Gasteiger partial charge on any atom is 0.208 e. The van der Waals surface area contributed by atoms with Crippen LogP contribution in [0.25, 0.3) is 22.0 Å². The van der Waals surface area contributed by atoms with E-state index in [-0.39, 0.29) is 15.6 Å². The number of aromatic nitrogens is 1. The standard InChI is InChI=1S/C21H17N3O2S3/c1-27-21-19(11-18(28-21)20(22)23)29(25,26)16-7-4-6-13(10-16)15-9-14-5-2-3-8-17(14)24-12-15/h2-12H,1H3,(H3,22,23). The Balaban J connectivity index is 1.81. The number of nitrogens with one attached hydrogen (secondary N) is 1. The van der Waals surface area contributed by atoms with Crippen molar-refractivity contribution in [3.8, 4) is 11.1 Å². The van der Waals surface area contributed by atoms with Crippen molar-refractivity contribution >= 4 is 49.7 Å². The van der Waals surface area contributed by atoms with Gasteiger partial charge >= 0.3 is 0 Å². The number of hydrogen-bond donors (Lipinski definition) is 2. The first kappa shape index (κ1) is 19.6. The van der Waals surface area contributed by atoms with Crippen LogP contribution in [0.3, 0.4) is 0 Å². The van der Waals surface area contributed by atoms with Gasteiger partial charge in [0.15, 0.2) is 0 Å². The first-order valence-corrected chi connectivity index (χ1v) is 12.1. The van der Waals surface area contributed by atoms with E-state index in [0.29, 0.717) is 9.09 Å². The Morgan fingerprint density at radius 2 is 1.86 bits per heavy atom. The Labute approximate surface area is 177 Å². The Hall–Kier alpha value is -2.68. The summed E-state index contributed by atoms with van der Waals surface area (Å²) in [6, 6.07) is 18.1. The molecule has 2 aromatic heterocycles. The molecule has 3 N–H and O–H groups in total. The van der Waals surface area contributed by atoms with Crippen LogP contribution in [0.2, 0.25) is 0 Å². The van der Waals surface area contributed by atoms with Crippen molar-refractivity contribution in [1.29, 1.82) is 5.41 Å². The monoisotopic (exact) mass is 439 g/mol. The second-order valence-electron chi connectivity index (χ2n) is 6.33. The van der Waals surface area contributed by atoms with E-state index < -0.39 is 9.84 Å². The normalized spacial score (nSPS) is 11.6. The number of nitrogens with zero attached hydrogens (tertiary/aromatic N) is 1. The molecule has 0 saturated heterocycles. The van der Waals surface area contributed by atoms with Crippen molar-refractivity contribution in [2.75, 3.05) is 6.26 Å². The average molecular weight is 440 g/mol. The highest BCUT2D eigenvalue weighted by Crippen LogP contribution is 2.37. The van der Waals surface area contributed by atoms with Crippen LogP contribution in [0.15, 0.2) is 80.9 Å². The van der Waals surface area contributed by atoms with Gasteiger partial charge in [0.05, 0.1) is 24.4 Å². The van der Waals surface area contributed by atoms with Crippen molar-refractivity contribution in [3.63, 3.8) is 0 Å². The summed E-state index contributed by atoms with van der Waals surface area (Å²) in [5, 5.41) is 8.61. The number of thiophene rings is 1. The van der Waals surface area contributed by atoms with E-state index >= 15 is 0 Å². The smallest absolute Gasteiger partial charge is 0.208 e. The lowest BCUT2D eigenvalue weighted by molar-refractivity contribution is 0.595. The molecule has 5 nitrogen and oxygen atoms in total. The molecule has 4 aromatic rings. The van der Waals surface area contributed by atoms with E-state index in [9.17, 15) is 8.42 Å². The molecule has 0 atom stereocenters. The van der Waals surface area contributed by atoms with E-state index in [1.807, 2.05) is 42.7 Å². The summed E-state index contributed by atoms with van der Waals surface area (Å²) in [6.07, 6.45) is 3.56. The van der Waals surface area contributed by atoms with E-state index in [4.69, 9.17) is 11.1 Å². The fraction of sp³-hybridized carbons (Fsp3) is 0.0476. The fourth-order valence-corrected chi connectivity index (χ4v) is 6.92. The topological polar surface area (TPSA) is 96.9 Å². The van der Waals surface area contributed by atoms with Crippen LogP contribution < -0.4 is 5.73 Å². The number of amidine groups is 1. The molecule has 146 valence electrons. The number of benzene rings is 2. The number of nitrogens with two attached hydrogens (primary N) is 1. The molecule has 0 spiro atoms. The molecule has 0 aliphatic heterocycles. The molecule has 0 saturated carbocycles. The van der Waals surface area contributed by atoms with Crippen LogP contribution in [0, 0.1) is 5.41 Å². The Bertz CT molecular complexity index is 1340.